The lowest BCUT2D eigenvalue weighted by Crippen LogP contribution is -2.31. The summed E-state index contributed by atoms with van der Waals surface area (Å²) in [5.74, 6) is -0.968. The number of hydrogen-bond acceptors (Lipinski definition) is 4. The molecule has 1 heterocycles. The van der Waals surface area contributed by atoms with E-state index in [2.05, 4.69) is 10.3 Å². The third-order valence-corrected chi connectivity index (χ3v) is 4.44. The molecule has 0 aromatic carbocycles. The number of thiazole rings is 1. The van der Waals surface area contributed by atoms with E-state index in [0.29, 0.717) is 10.7 Å². The Labute approximate surface area is 115 Å². The van der Waals surface area contributed by atoms with E-state index in [-0.39, 0.29) is 22.7 Å². The van der Waals surface area contributed by atoms with Crippen molar-refractivity contribution in [3.05, 3.63) is 27.7 Å². The highest BCUT2D eigenvalue weighted by molar-refractivity contribution is 7.13. The Balaban J connectivity index is 2.03. The van der Waals surface area contributed by atoms with Crippen molar-refractivity contribution in [2.45, 2.75) is 32.7 Å². The van der Waals surface area contributed by atoms with E-state index in [1.54, 1.807) is 6.92 Å². The standard InChI is InChI=1S/C13H16N2O3S/c1-7-10(13(17)18)19-12(15-7)8(2)14-11(16)9-5-3-4-6-9/h3-4,8-9H,5-6H2,1-2H3,(H,14,16)(H,17,18). The molecule has 1 aliphatic carbocycles. The number of nitrogens with one attached hydrogen (secondary N) is 1. The van der Waals surface area contributed by atoms with Crippen LogP contribution in [0, 0.1) is 12.8 Å². The van der Waals surface area contributed by atoms with Gasteiger partial charge in [0.15, 0.2) is 0 Å². The fraction of sp³-hybridized carbons (Fsp3) is 0.462. The van der Waals surface area contributed by atoms with E-state index < -0.39 is 5.97 Å². The minimum absolute atomic E-state index is 0.00206. The Kier molecular flexibility index (Phi) is 3.99. The van der Waals surface area contributed by atoms with Gasteiger partial charge in [-0.15, -0.1) is 11.3 Å². The lowest BCUT2D eigenvalue weighted by Gasteiger charge is -2.14. The molecule has 6 heteroatoms. The first-order valence-corrected chi connectivity index (χ1v) is 6.96. The van der Waals surface area contributed by atoms with Crippen LogP contribution < -0.4 is 5.32 Å². The molecule has 19 heavy (non-hydrogen) atoms. The van der Waals surface area contributed by atoms with Crippen molar-refractivity contribution in [3.63, 3.8) is 0 Å². The summed E-state index contributed by atoms with van der Waals surface area (Å²) >= 11 is 1.12. The van der Waals surface area contributed by atoms with Gasteiger partial charge in [-0.2, -0.15) is 0 Å². The number of carbonyl (C=O) groups excluding carboxylic acids is 1. The van der Waals surface area contributed by atoms with Crippen molar-refractivity contribution in [1.82, 2.24) is 10.3 Å². The van der Waals surface area contributed by atoms with Gasteiger partial charge in [-0.3, -0.25) is 4.79 Å². The number of rotatable bonds is 4. The molecule has 1 aliphatic rings. The summed E-state index contributed by atoms with van der Waals surface area (Å²) < 4.78 is 0. The van der Waals surface area contributed by atoms with Crippen LogP contribution in [-0.4, -0.2) is 22.0 Å². The van der Waals surface area contributed by atoms with Crippen molar-refractivity contribution >= 4 is 23.2 Å². The van der Waals surface area contributed by atoms with Gasteiger partial charge in [0, 0.05) is 5.92 Å². The second-order valence-corrected chi connectivity index (χ2v) is 5.67. The van der Waals surface area contributed by atoms with Crippen LogP contribution in [0.3, 0.4) is 0 Å². The van der Waals surface area contributed by atoms with Crippen molar-refractivity contribution in [1.29, 1.82) is 0 Å². The van der Waals surface area contributed by atoms with E-state index in [1.807, 2.05) is 19.1 Å². The van der Waals surface area contributed by atoms with Crippen LogP contribution in [0.15, 0.2) is 12.2 Å². The molecule has 102 valence electrons. The monoisotopic (exact) mass is 280 g/mol. The van der Waals surface area contributed by atoms with Gasteiger partial charge in [0.05, 0.1) is 11.7 Å². The molecule has 1 unspecified atom stereocenters. The maximum atomic E-state index is 12.0. The molecule has 0 fully saturated rings. The zero-order valence-electron chi connectivity index (χ0n) is 10.8. The minimum Gasteiger partial charge on any atom is -0.477 e. The number of carbonyl (C=O) groups is 2. The predicted molar refractivity (Wildman–Crippen MR) is 72.2 cm³/mol. The highest BCUT2D eigenvalue weighted by atomic mass is 32.1. The van der Waals surface area contributed by atoms with Crippen LogP contribution in [0.2, 0.25) is 0 Å². The first-order chi connectivity index (χ1) is 8.99. The van der Waals surface area contributed by atoms with Gasteiger partial charge in [-0.05, 0) is 26.7 Å². The fourth-order valence-corrected chi connectivity index (χ4v) is 2.93. The molecule has 1 aromatic heterocycles. The molecule has 1 aromatic rings. The number of aromatic nitrogens is 1. The molecule has 2 rings (SSSR count). The smallest absolute Gasteiger partial charge is 0.347 e. The normalized spacial score (nSPS) is 16.5. The highest BCUT2D eigenvalue weighted by Gasteiger charge is 2.23. The molecule has 0 radical (unpaired) electrons. The van der Waals surface area contributed by atoms with Gasteiger partial charge in [0.25, 0.3) is 0 Å². The summed E-state index contributed by atoms with van der Waals surface area (Å²) in [5.41, 5.74) is 0.496. The number of amides is 1. The van der Waals surface area contributed by atoms with Gasteiger partial charge >= 0.3 is 5.97 Å². The zero-order valence-corrected chi connectivity index (χ0v) is 11.7. The topological polar surface area (TPSA) is 79.3 Å². The van der Waals surface area contributed by atoms with Gasteiger partial charge in [-0.25, -0.2) is 9.78 Å². The molecule has 0 bridgehead atoms. The maximum Gasteiger partial charge on any atom is 0.347 e. The Morgan fingerprint density at radius 3 is 2.63 bits per heavy atom. The third-order valence-electron chi connectivity index (χ3n) is 3.12. The first-order valence-electron chi connectivity index (χ1n) is 6.15. The number of allylic oxidation sites excluding steroid dienone is 2. The summed E-state index contributed by atoms with van der Waals surface area (Å²) in [4.78, 5) is 27.4. The number of aryl methyl sites for hydroxylation is 1. The molecular formula is C13H16N2O3S. The van der Waals surface area contributed by atoms with Crippen LogP contribution in [0.1, 0.15) is 46.2 Å². The first kappa shape index (κ1) is 13.7. The quantitative estimate of drug-likeness (QED) is 0.829. The van der Waals surface area contributed by atoms with E-state index in [9.17, 15) is 9.59 Å². The van der Waals surface area contributed by atoms with E-state index in [0.717, 1.165) is 24.2 Å². The number of nitrogens with zero attached hydrogens (tertiary/aromatic N) is 1. The Morgan fingerprint density at radius 2 is 2.11 bits per heavy atom. The molecule has 0 aliphatic heterocycles. The summed E-state index contributed by atoms with van der Waals surface area (Å²) in [6, 6.07) is -0.259. The van der Waals surface area contributed by atoms with E-state index >= 15 is 0 Å². The van der Waals surface area contributed by atoms with Crippen molar-refractivity contribution in [2.24, 2.45) is 5.92 Å². The Bertz CT molecular complexity index is 528. The second kappa shape index (κ2) is 5.52. The molecule has 0 spiro atoms. The van der Waals surface area contributed by atoms with Gasteiger partial charge in [0.1, 0.15) is 9.88 Å². The van der Waals surface area contributed by atoms with Crippen LogP contribution in [0.5, 0.6) is 0 Å². The fourth-order valence-electron chi connectivity index (χ4n) is 2.03. The van der Waals surface area contributed by atoms with Crippen LogP contribution in [-0.2, 0) is 4.79 Å². The Hall–Kier alpha value is -1.69. The zero-order chi connectivity index (χ0) is 14.0. The highest BCUT2D eigenvalue weighted by Crippen LogP contribution is 2.25. The third kappa shape index (κ3) is 3.01. The van der Waals surface area contributed by atoms with E-state index in [4.69, 9.17) is 5.11 Å². The van der Waals surface area contributed by atoms with Crippen molar-refractivity contribution < 1.29 is 14.7 Å². The molecule has 0 saturated heterocycles. The molecule has 1 atom stereocenters. The van der Waals surface area contributed by atoms with Gasteiger partial charge < -0.3 is 10.4 Å². The number of hydrogen-bond donors (Lipinski definition) is 2. The van der Waals surface area contributed by atoms with Crippen molar-refractivity contribution in [3.8, 4) is 0 Å². The number of carboxylic acid groups (broad SMARTS) is 1. The average Bonchev–Trinajstić information content (AvgIpc) is 2.96. The lowest BCUT2D eigenvalue weighted by molar-refractivity contribution is -0.125. The molecule has 1 amide bonds. The van der Waals surface area contributed by atoms with Crippen LogP contribution in [0.25, 0.3) is 0 Å². The molecule has 2 N–H and O–H groups in total. The summed E-state index contributed by atoms with van der Waals surface area (Å²) in [5, 5.41) is 12.5. The van der Waals surface area contributed by atoms with Crippen molar-refractivity contribution in [2.75, 3.05) is 0 Å². The SMILES string of the molecule is Cc1nc(C(C)NC(=O)C2CC=CC2)sc1C(=O)O. The summed E-state index contributed by atoms with van der Waals surface area (Å²) in [6.45, 7) is 3.49. The van der Waals surface area contributed by atoms with Gasteiger partial charge in [-0.1, -0.05) is 12.2 Å². The molecule has 5 nitrogen and oxygen atoms in total. The number of aromatic carboxylic acids is 1. The minimum atomic E-state index is -0.972. The molecule has 0 saturated carbocycles. The maximum absolute atomic E-state index is 12.0. The van der Waals surface area contributed by atoms with E-state index in [1.165, 1.54) is 0 Å². The molecular weight excluding hydrogens is 264 g/mol. The lowest BCUT2D eigenvalue weighted by atomic mass is 10.1. The summed E-state index contributed by atoms with van der Waals surface area (Å²) in [7, 11) is 0. The predicted octanol–water partition coefficient (Wildman–Crippen LogP) is 2.29. The van der Waals surface area contributed by atoms with Gasteiger partial charge in [0.2, 0.25) is 5.91 Å². The average molecular weight is 280 g/mol. The largest absolute Gasteiger partial charge is 0.477 e. The summed E-state index contributed by atoms with van der Waals surface area (Å²) in [6.07, 6.45) is 5.56. The van der Waals surface area contributed by atoms with Crippen LogP contribution >= 0.6 is 11.3 Å². The van der Waals surface area contributed by atoms with Crippen LogP contribution in [0.4, 0.5) is 0 Å². The second-order valence-electron chi connectivity index (χ2n) is 4.64. The number of carboxylic acids is 1. The Morgan fingerprint density at radius 1 is 1.47 bits per heavy atom.